The first-order valence-electron chi connectivity index (χ1n) is 3.62. The standard InChI is InChI=1S/C9H11NS2/c1-10(2)6-5-8(11)9-4-3-7-12-9/h3-7H,1-2H3/b6-5+. The lowest BCUT2D eigenvalue weighted by molar-refractivity contribution is 0.564. The average molecular weight is 197 g/mol. The van der Waals surface area contributed by atoms with Gasteiger partial charge in [0.25, 0.3) is 0 Å². The van der Waals surface area contributed by atoms with Crippen molar-refractivity contribution in [2.24, 2.45) is 0 Å². The molecule has 0 unspecified atom stereocenters. The fraction of sp³-hybridized carbons (Fsp3) is 0.222. The van der Waals surface area contributed by atoms with Crippen LogP contribution in [0.5, 0.6) is 0 Å². The number of nitrogens with zero attached hydrogens (tertiary/aromatic N) is 1. The van der Waals surface area contributed by atoms with Crippen LogP contribution in [0, 0.1) is 0 Å². The Morgan fingerprint density at radius 2 is 2.33 bits per heavy atom. The largest absolute Gasteiger partial charge is 0.383 e. The van der Waals surface area contributed by atoms with Gasteiger partial charge in [-0.1, -0.05) is 18.3 Å². The predicted molar refractivity (Wildman–Crippen MR) is 58.8 cm³/mol. The molecule has 0 radical (unpaired) electrons. The average Bonchev–Trinajstić information content (AvgIpc) is 2.51. The van der Waals surface area contributed by atoms with Crippen molar-refractivity contribution >= 4 is 28.4 Å². The fourth-order valence-electron chi connectivity index (χ4n) is 0.718. The molecular weight excluding hydrogens is 186 g/mol. The number of thiocarbonyl (C=S) groups is 1. The van der Waals surface area contributed by atoms with Gasteiger partial charge in [0.2, 0.25) is 0 Å². The summed E-state index contributed by atoms with van der Waals surface area (Å²) >= 11 is 6.86. The maximum atomic E-state index is 5.19. The van der Waals surface area contributed by atoms with E-state index in [1.807, 2.05) is 48.8 Å². The highest BCUT2D eigenvalue weighted by atomic mass is 32.1. The van der Waals surface area contributed by atoms with Crippen molar-refractivity contribution in [1.29, 1.82) is 0 Å². The molecule has 0 aliphatic heterocycles. The van der Waals surface area contributed by atoms with E-state index in [2.05, 4.69) is 0 Å². The lowest BCUT2D eigenvalue weighted by Gasteiger charge is -2.02. The molecule has 64 valence electrons. The topological polar surface area (TPSA) is 3.24 Å². The van der Waals surface area contributed by atoms with Crippen molar-refractivity contribution in [3.05, 3.63) is 34.7 Å². The summed E-state index contributed by atoms with van der Waals surface area (Å²) in [6, 6.07) is 4.04. The Morgan fingerprint density at radius 1 is 1.58 bits per heavy atom. The zero-order chi connectivity index (χ0) is 8.97. The van der Waals surface area contributed by atoms with Gasteiger partial charge in [0.15, 0.2) is 0 Å². The van der Waals surface area contributed by atoms with Gasteiger partial charge in [0.1, 0.15) is 0 Å². The predicted octanol–water partition coefficient (Wildman–Crippen LogP) is 2.54. The highest BCUT2D eigenvalue weighted by Crippen LogP contribution is 2.10. The van der Waals surface area contributed by atoms with Crippen molar-refractivity contribution in [2.45, 2.75) is 0 Å². The molecule has 0 bridgehead atoms. The molecule has 0 saturated heterocycles. The van der Waals surface area contributed by atoms with Gasteiger partial charge in [-0.3, -0.25) is 0 Å². The van der Waals surface area contributed by atoms with Gasteiger partial charge < -0.3 is 4.90 Å². The van der Waals surface area contributed by atoms with Gasteiger partial charge in [-0.15, -0.1) is 11.3 Å². The van der Waals surface area contributed by atoms with Gasteiger partial charge in [-0.05, 0) is 23.7 Å². The lowest BCUT2D eigenvalue weighted by Crippen LogP contribution is -2.01. The van der Waals surface area contributed by atoms with E-state index in [0.717, 1.165) is 9.74 Å². The molecule has 0 fully saturated rings. The lowest BCUT2D eigenvalue weighted by atomic mass is 10.3. The summed E-state index contributed by atoms with van der Waals surface area (Å²) < 4.78 is 0. The molecular formula is C9H11NS2. The van der Waals surface area contributed by atoms with E-state index in [0.29, 0.717) is 0 Å². The minimum absolute atomic E-state index is 0.902. The molecule has 0 spiro atoms. The zero-order valence-corrected chi connectivity index (χ0v) is 8.78. The van der Waals surface area contributed by atoms with Crippen LogP contribution in [0.15, 0.2) is 29.8 Å². The zero-order valence-electron chi connectivity index (χ0n) is 7.15. The molecule has 0 aliphatic rings. The van der Waals surface area contributed by atoms with Gasteiger partial charge in [-0.2, -0.15) is 0 Å². The van der Waals surface area contributed by atoms with Gasteiger partial charge >= 0.3 is 0 Å². The molecule has 0 saturated carbocycles. The Labute approximate surface area is 82.3 Å². The molecule has 0 aliphatic carbocycles. The number of rotatable bonds is 3. The summed E-state index contributed by atoms with van der Waals surface area (Å²) in [6.45, 7) is 0. The molecule has 0 aromatic carbocycles. The smallest absolute Gasteiger partial charge is 0.0563 e. The van der Waals surface area contributed by atoms with Crippen LogP contribution in [0.4, 0.5) is 0 Å². The van der Waals surface area contributed by atoms with E-state index in [-0.39, 0.29) is 0 Å². The summed E-state index contributed by atoms with van der Waals surface area (Å²) in [5.41, 5.74) is 0. The van der Waals surface area contributed by atoms with E-state index < -0.39 is 0 Å². The molecule has 1 aromatic heterocycles. The van der Waals surface area contributed by atoms with Crippen LogP contribution < -0.4 is 0 Å². The van der Waals surface area contributed by atoms with E-state index in [1.54, 1.807) is 11.3 Å². The Kier molecular flexibility index (Phi) is 3.44. The van der Waals surface area contributed by atoms with Crippen LogP contribution >= 0.6 is 23.6 Å². The Balaban J connectivity index is 2.62. The molecule has 1 aromatic rings. The van der Waals surface area contributed by atoms with Crippen molar-refractivity contribution in [1.82, 2.24) is 4.90 Å². The summed E-state index contributed by atoms with van der Waals surface area (Å²) in [5.74, 6) is 0. The molecule has 1 nitrogen and oxygen atoms in total. The third kappa shape index (κ3) is 2.75. The van der Waals surface area contributed by atoms with Crippen molar-refractivity contribution in [2.75, 3.05) is 14.1 Å². The highest BCUT2D eigenvalue weighted by molar-refractivity contribution is 7.81. The van der Waals surface area contributed by atoms with Crippen LogP contribution in [-0.2, 0) is 0 Å². The second kappa shape index (κ2) is 4.38. The van der Waals surface area contributed by atoms with Crippen LogP contribution in [0.25, 0.3) is 0 Å². The SMILES string of the molecule is CN(C)/C=C/C(=S)c1cccs1. The van der Waals surface area contributed by atoms with E-state index in [1.165, 1.54) is 0 Å². The summed E-state index contributed by atoms with van der Waals surface area (Å²) in [7, 11) is 3.96. The minimum atomic E-state index is 0.902. The van der Waals surface area contributed by atoms with Crippen LogP contribution in [-0.4, -0.2) is 23.9 Å². The first-order valence-corrected chi connectivity index (χ1v) is 4.91. The maximum absolute atomic E-state index is 5.19. The second-order valence-corrected chi connectivity index (χ2v) is 4.01. The number of thiophene rings is 1. The van der Waals surface area contributed by atoms with Crippen molar-refractivity contribution in [3.8, 4) is 0 Å². The van der Waals surface area contributed by atoms with Gasteiger partial charge in [0.05, 0.1) is 4.86 Å². The Hall–Kier alpha value is -0.670. The maximum Gasteiger partial charge on any atom is 0.0563 e. The molecule has 0 atom stereocenters. The first-order chi connectivity index (χ1) is 5.70. The normalized spacial score (nSPS) is 10.5. The quantitative estimate of drug-likeness (QED) is 0.416. The van der Waals surface area contributed by atoms with E-state index >= 15 is 0 Å². The van der Waals surface area contributed by atoms with E-state index in [9.17, 15) is 0 Å². The van der Waals surface area contributed by atoms with Crippen molar-refractivity contribution in [3.63, 3.8) is 0 Å². The molecule has 1 heterocycles. The Bertz CT molecular complexity index is 273. The number of allylic oxidation sites excluding steroid dienone is 1. The van der Waals surface area contributed by atoms with Crippen LogP contribution in [0.3, 0.4) is 0 Å². The van der Waals surface area contributed by atoms with E-state index in [4.69, 9.17) is 12.2 Å². The summed E-state index contributed by atoms with van der Waals surface area (Å²) in [4.78, 5) is 4.03. The van der Waals surface area contributed by atoms with Gasteiger partial charge in [-0.25, -0.2) is 0 Å². The number of hydrogen-bond donors (Lipinski definition) is 0. The van der Waals surface area contributed by atoms with Gasteiger partial charge in [0, 0.05) is 19.0 Å². The first kappa shape index (κ1) is 9.42. The minimum Gasteiger partial charge on any atom is -0.383 e. The number of hydrogen-bond acceptors (Lipinski definition) is 3. The third-order valence-electron chi connectivity index (χ3n) is 1.29. The molecule has 1 rings (SSSR count). The van der Waals surface area contributed by atoms with Crippen LogP contribution in [0.2, 0.25) is 0 Å². The van der Waals surface area contributed by atoms with Crippen molar-refractivity contribution < 1.29 is 0 Å². The highest BCUT2D eigenvalue weighted by Gasteiger charge is 1.96. The summed E-state index contributed by atoms with van der Waals surface area (Å²) in [6.07, 6.45) is 3.91. The fourth-order valence-corrected chi connectivity index (χ4v) is 1.64. The monoisotopic (exact) mass is 197 g/mol. The molecule has 12 heavy (non-hydrogen) atoms. The molecule has 0 N–H and O–H groups in total. The Morgan fingerprint density at radius 3 is 2.83 bits per heavy atom. The molecule has 3 heteroatoms. The second-order valence-electron chi connectivity index (χ2n) is 2.62. The third-order valence-corrected chi connectivity index (χ3v) is 2.68. The summed E-state index contributed by atoms with van der Waals surface area (Å²) in [5, 5.41) is 2.03. The molecule has 0 amide bonds. The van der Waals surface area contributed by atoms with Crippen LogP contribution in [0.1, 0.15) is 4.88 Å².